The first-order valence-electron chi connectivity index (χ1n) is 5.84. The lowest BCUT2D eigenvalue weighted by Crippen LogP contribution is -2.43. The minimum atomic E-state index is -4.05. The SMILES string of the molecule is NS(=O)(=O)c1ccc(F)cc1NC(=O)N1CCOCC1. The van der Waals surface area contributed by atoms with Crippen molar-refractivity contribution >= 4 is 21.7 Å². The molecular weight excluding hydrogens is 289 g/mol. The summed E-state index contributed by atoms with van der Waals surface area (Å²) in [6.45, 7) is 1.56. The maximum Gasteiger partial charge on any atom is 0.322 e. The van der Waals surface area contributed by atoms with Crippen LogP contribution in [0.15, 0.2) is 23.1 Å². The quantitative estimate of drug-likeness (QED) is 0.822. The predicted molar refractivity (Wildman–Crippen MR) is 69.2 cm³/mol. The van der Waals surface area contributed by atoms with Crippen LogP contribution in [0.3, 0.4) is 0 Å². The van der Waals surface area contributed by atoms with Crippen LogP contribution in [0.1, 0.15) is 0 Å². The number of benzene rings is 1. The van der Waals surface area contributed by atoms with Gasteiger partial charge in [0.05, 0.1) is 18.9 Å². The highest BCUT2D eigenvalue weighted by molar-refractivity contribution is 7.89. The van der Waals surface area contributed by atoms with Gasteiger partial charge in [-0.25, -0.2) is 22.7 Å². The monoisotopic (exact) mass is 303 g/mol. The van der Waals surface area contributed by atoms with E-state index in [9.17, 15) is 17.6 Å². The third-order valence-electron chi connectivity index (χ3n) is 2.79. The van der Waals surface area contributed by atoms with Crippen molar-refractivity contribution in [2.24, 2.45) is 5.14 Å². The Bertz CT molecular complexity index is 614. The fourth-order valence-electron chi connectivity index (χ4n) is 1.81. The molecule has 1 fully saturated rings. The maximum absolute atomic E-state index is 13.2. The number of primary sulfonamides is 1. The molecule has 0 spiro atoms. The summed E-state index contributed by atoms with van der Waals surface area (Å²) in [7, 11) is -4.05. The van der Waals surface area contributed by atoms with E-state index in [-0.39, 0.29) is 10.6 Å². The van der Waals surface area contributed by atoms with Gasteiger partial charge < -0.3 is 15.0 Å². The van der Waals surface area contributed by atoms with Crippen LogP contribution in [0.2, 0.25) is 0 Å². The maximum atomic E-state index is 13.2. The van der Waals surface area contributed by atoms with Crippen LogP contribution >= 0.6 is 0 Å². The van der Waals surface area contributed by atoms with Crippen LogP contribution < -0.4 is 10.5 Å². The number of carbonyl (C=O) groups excluding carboxylic acids is 1. The van der Waals surface area contributed by atoms with Crippen molar-refractivity contribution in [1.82, 2.24) is 4.90 Å². The Morgan fingerprint density at radius 1 is 1.35 bits per heavy atom. The Morgan fingerprint density at radius 3 is 2.60 bits per heavy atom. The lowest BCUT2D eigenvalue weighted by molar-refractivity contribution is 0.0564. The normalized spacial score (nSPS) is 16.0. The molecule has 9 heteroatoms. The van der Waals surface area contributed by atoms with E-state index in [0.717, 1.165) is 18.2 Å². The van der Waals surface area contributed by atoms with Gasteiger partial charge in [-0.2, -0.15) is 0 Å². The minimum absolute atomic E-state index is 0.177. The Labute approximate surface area is 115 Å². The second-order valence-electron chi connectivity index (χ2n) is 4.22. The number of carbonyl (C=O) groups is 1. The number of hydrogen-bond acceptors (Lipinski definition) is 4. The fourth-order valence-corrected chi connectivity index (χ4v) is 2.48. The largest absolute Gasteiger partial charge is 0.378 e. The smallest absolute Gasteiger partial charge is 0.322 e. The molecule has 7 nitrogen and oxygen atoms in total. The number of nitrogens with zero attached hydrogens (tertiary/aromatic N) is 1. The molecule has 2 amide bonds. The van der Waals surface area contributed by atoms with Gasteiger partial charge in [-0.15, -0.1) is 0 Å². The Kier molecular flexibility index (Phi) is 4.21. The summed E-state index contributed by atoms with van der Waals surface area (Å²) in [6, 6.07) is 2.37. The second-order valence-corrected chi connectivity index (χ2v) is 5.74. The van der Waals surface area contributed by atoms with Crippen molar-refractivity contribution in [3.05, 3.63) is 24.0 Å². The van der Waals surface area contributed by atoms with Crippen LogP contribution in [-0.2, 0) is 14.8 Å². The molecule has 1 aliphatic rings. The number of anilines is 1. The molecule has 1 aromatic carbocycles. The average molecular weight is 303 g/mol. The Morgan fingerprint density at radius 2 is 2.00 bits per heavy atom. The molecule has 1 saturated heterocycles. The predicted octanol–water partition coefficient (Wildman–Crippen LogP) is 0.337. The van der Waals surface area contributed by atoms with Crippen LogP contribution in [-0.4, -0.2) is 45.7 Å². The number of halogens is 1. The zero-order chi connectivity index (χ0) is 14.8. The summed E-state index contributed by atoms with van der Waals surface area (Å²) >= 11 is 0. The van der Waals surface area contributed by atoms with Crippen molar-refractivity contribution in [3.63, 3.8) is 0 Å². The zero-order valence-corrected chi connectivity index (χ0v) is 11.3. The first-order chi connectivity index (χ1) is 9.38. The highest BCUT2D eigenvalue weighted by Gasteiger charge is 2.21. The molecule has 1 aromatic rings. The molecule has 110 valence electrons. The van der Waals surface area contributed by atoms with E-state index >= 15 is 0 Å². The third-order valence-corrected chi connectivity index (χ3v) is 3.76. The molecule has 0 aromatic heterocycles. The number of sulfonamides is 1. The van der Waals surface area contributed by atoms with Crippen LogP contribution in [0.25, 0.3) is 0 Å². The minimum Gasteiger partial charge on any atom is -0.378 e. The lowest BCUT2D eigenvalue weighted by atomic mass is 10.3. The number of amides is 2. The number of urea groups is 1. The van der Waals surface area contributed by atoms with E-state index in [1.165, 1.54) is 4.90 Å². The molecule has 0 saturated carbocycles. The second kappa shape index (κ2) is 5.73. The van der Waals surface area contributed by atoms with Gasteiger partial charge in [0.2, 0.25) is 10.0 Å². The first kappa shape index (κ1) is 14.7. The van der Waals surface area contributed by atoms with Crippen LogP contribution in [0.4, 0.5) is 14.9 Å². The number of morpholine rings is 1. The topological polar surface area (TPSA) is 102 Å². The van der Waals surface area contributed by atoms with Crippen molar-refractivity contribution in [3.8, 4) is 0 Å². The molecule has 3 N–H and O–H groups in total. The van der Waals surface area contributed by atoms with Gasteiger partial charge in [0.15, 0.2) is 0 Å². The van der Waals surface area contributed by atoms with Crippen LogP contribution in [0, 0.1) is 5.82 Å². The van der Waals surface area contributed by atoms with E-state index in [2.05, 4.69) is 5.32 Å². The standard InChI is InChI=1S/C11H14FN3O4S/c12-8-1-2-10(20(13,17)18)9(7-8)14-11(16)15-3-5-19-6-4-15/h1-2,7H,3-6H2,(H,14,16)(H2,13,17,18). The van der Waals surface area contributed by atoms with Gasteiger partial charge in [-0.3, -0.25) is 0 Å². The van der Waals surface area contributed by atoms with Crippen molar-refractivity contribution in [2.45, 2.75) is 4.90 Å². The molecule has 1 heterocycles. The van der Waals surface area contributed by atoms with E-state index in [1.54, 1.807) is 0 Å². The van der Waals surface area contributed by atoms with Gasteiger partial charge >= 0.3 is 6.03 Å². The number of hydrogen-bond donors (Lipinski definition) is 2. The number of ether oxygens (including phenoxy) is 1. The molecule has 1 aliphatic heterocycles. The first-order valence-corrected chi connectivity index (χ1v) is 7.38. The van der Waals surface area contributed by atoms with E-state index in [4.69, 9.17) is 9.88 Å². The molecule has 0 radical (unpaired) electrons. The molecule has 0 unspecified atom stereocenters. The Hall–Kier alpha value is -1.71. The molecule has 0 atom stereocenters. The van der Waals surface area contributed by atoms with Gasteiger partial charge in [0.25, 0.3) is 0 Å². The number of nitrogens with two attached hydrogens (primary N) is 1. The third kappa shape index (κ3) is 3.44. The molecule has 20 heavy (non-hydrogen) atoms. The van der Waals surface area contributed by atoms with Gasteiger partial charge in [0.1, 0.15) is 10.7 Å². The van der Waals surface area contributed by atoms with Gasteiger partial charge in [0, 0.05) is 13.1 Å². The highest BCUT2D eigenvalue weighted by Crippen LogP contribution is 2.21. The molecule has 0 bridgehead atoms. The average Bonchev–Trinajstić information content (AvgIpc) is 2.38. The Balaban J connectivity index is 2.23. The summed E-state index contributed by atoms with van der Waals surface area (Å²) < 4.78 is 41.1. The number of rotatable bonds is 2. The lowest BCUT2D eigenvalue weighted by Gasteiger charge is -2.27. The summed E-state index contributed by atoms with van der Waals surface area (Å²) in [4.78, 5) is 13.1. The molecule has 0 aliphatic carbocycles. The van der Waals surface area contributed by atoms with E-state index in [0.29, 0.717) is 26.3 Å². The summed E-state index contributed by atoms with van der Waals surface area (Å²) in [5, 5.41) is 7.39. The molecule has 2 rings (SSSR count). The summed E-state index contributed by atoms with van der Waals surface area (Å²) in [5.74, 6) is -0.672. The summed E-state index contributed by atoms with van der Waals surface area (Å²) in [6.07, 6.45) is 0. The van der Waals surface area contributed by atoms with Crippen molar-refractivity contribution < 1.29 is 22.3 Å². The fraction of sp³-hybridized carbons (Fsp3) is 0.364. The van der Waals surface area contributed by atoms with Gasteiger partial charge in [-0.05, 0) is 18.2 Å². The van der Waals surface area contributed by atoms with E-state index < -0.39 is 21.9 Å². The highest BCUT2D eigenvalue weighted by atomic mass is 32.2. The summed E-state index contributed by atoms with van der Waals surface area (Å²) in [5.41, 5.74) is -0.177. The number of nitrogens with one attached hydrogen (secondary N) is 1. The zero-order valence-electron chi connectivity index (χ0n) is 10.5. The van der Waals surface area contributed by atoms with E-state index in [1.807, 2.05) is 0 Å². The van der Waals surface area contributed by atoms with Gasteiger partial charge in [-0.1, -0.05) is 0 Å². The van der Waals surface area contributed by atoms with Crippen molar-refractivity contribution in [1.29, 1.82) is 0 Å². The van der Waals surface area contributed by atoms with Crippen LogP contribution in [0.5, 0.6) is 0 Å². The van der Waals surface area contributed by atoms with Crippen molar-refractivity contribution in [2.75, 3.05) is 31.6 Å². The molecular formula is C11H14FN3O4S.